The number of hydrogen-bond acceptors (Lipinski definition) is 4. The van der Waals surface area contributed by atoms with Gasteiger partial charge >= 0.3 is 0 Å². The van der Waals surface area contributed by atoms with Gasteiger partial charge in [0.15, 0.2) is 0 Å². The summed E-state index contributed by atoms with van der Waals surface area (Å²) in [6.07, 6.45) is 3.53. The highest BCUT2D eigenvalue weighted by molar-refractivity contribution is 4.75. The fourth-order valence-corrected chi connectivity index (χ4v) is 2.05. The van der Waals surface area contributed by atoms with E-state index in [4.69, 9.17) is 9.47 Å². The Bertz CT molecular complexity index is 159. The smallest absolute Gasteiger partial charge is 0.0593 e. The third kappa shape index (κ3) is 5.80. The van der Waals surface area contributed by atoms with Gasteiger partial charge in [0, 0.05) is 32.9 Å². The molecule has 0 radical (unpaired) electrons. The second-order valence-corrected chi connectivity index (χ2v) is 4.36. The molecule has 0 spiro atoms. The van der Waals surface area contributed by atoms with Crippen molar-refractivity contribution >= 4 is 0 Å². The molecule has 4 heteroatoms. The van der Waals surface area contributed by atoms with Crippen molar-refractivity contribution < 1.29 is 9.47 Å². The molecule has 0 unspecified atom stereocenters. The highest BCUT2D eigenvalue weighted by Gasteiger charge is 2.16. The van der Waals surface area contributed by atoms with E-state index in [0.29, 0.717) is 0 Å². The molecule has 0 aromatic rings. The van der Waals surface area contributed by atoms with E-state index in [2.05, 4.69) is 17.3 Å². The second-order valence-electron chi connectivity index (χ2n) is 4.36. The number of nitrogens with zero attached hydrogens (tertiary/aromatic N) is 1. The van der Waals surface area contributed by atoms with Crippen molar-refractivity contribution in [2.45, 2.75) is 25.3 Å². The fraction of sp³-hybridized carbons (Fsp3) is 1.00. The van der Waals surface area contributed by atoms with Crippen LogP contribution < -0.4 is 5.32 Å². The van der Waals surface area contributed by atoms with Crippen molar-refractivity contribution in [2.24, 2.45) is 0 Å². The lowest BCUT2D eigenvalue weighted by Crippen LogP contribution is -2.42. The zero-order valence-corrected chi connectivity index (χ0v) is 10.7. The van der Waals surface area contributed by atoms with Gasteiger partial charge in [-0.2, -0.15) is 0 Å². The van der Waals surface area contributed by atoms with Crippen LogP contribution in [0.5, 0.6) is 0 Å². The predicted octanol–water partition coefficient (Wildman–Crippen LogP) is 0.723. The first kappa shape index (κ1) is 13.9. The van der Waals surface area contributed by atoms with Gasteiger partial charge in [-0.1, -0.05) is 0 Å². The average Bonchev–Trinajstić information content (AvgIpc) is 2.34. The van der Waals surface area contributed by atoms with Gasteiger partial charge in [-0.05, 0) is 39.4 Å². The Morgan fingerprint density at radius 3 is 2.56 bits per heavy atom. The summed E-state index contributed by atoms with van der Waals surface area (Å²) in [6.45, 7) is 5.95. The number of hydrogen-bond donors (Lipinski definition) is 1. The average molecular weight is 230 g/mol. The summed E-state index contributed by atoms with van der Waals surface area (Å²) in [5.74, 6) is 0. The molecule has 1 fully saturated rings. The summed E-state index contributed by atoms with van der Waals surface area (Å²) in [5, 5.41) is 3.34. The van der Waals surface area contributed by atoms with E-state index in [-0.39, 0.29) is 0 Å². The minimum Gasteiger partial charge on any atom is -0.385 e. The van der Waals surface area contributed by atoms with Crippen LogP contribution in [0.4, 0.5) is 0 Å². The Labute approximate surface area is 99.3 Å². The first-order valence-electron chi connectivity index (χ1n) is 6.33. The summed E-state index contributed by atoms with van der Waals surface area (Å²) in [5.41, 5.74) is 0. The van der Waals surface area contributed by atoms with Crippen LogP contribution in [0.15, 0.2) is 0 Å². The SMILES string of the molecule is CNC1CCN(CCOCCCOC)CC1. The third-order valence-electron chi connectivity index (χ3n) is 3.18. The molecule has 0 aliphatic carbocycles. The lowest BCUT2D eigenvalue weighted by atomic mass is 10.1. The summed E-state index contributed by atoms with van der Waals surface area (Å²) < 4.78 is 10.5. The molecule has 0 atom stereocenters. The summed E-state index contributed by atoms with van der Waals surface area (Å²) in [4.78, 5) is 2.49. The minimum atomic E-state index is 0.721. The Kier molecular flexibility index (Phi) is 7.76. The summed E-state index contributed by atoms with van der Waals surface area (Å²) in [7, 11) is 3.78. The monoisotopic (exact) mass is 230 g/mol. The van der Waals surface area contributed by atoms with E-state index < -0.39 is 0 Å². The van der Waals surface area contributed by atoms with Crippen molar-refractivity contribution in [1.29, 1.82) is 0 Å². The fourth-order valence-electron chi connectivity index (χ4n) is 2.05. The Balaban J connectivity index is 1.90. The number of ether oxygens (including phenoxy) is 2. The van der Waals surface area contributed by atoms with Crippen LogP contribution in [-0.4, -0.2) is 64.6 Å². The molecule has 1 rings (SSSR count). The molecular formula is C12H26N2O2. The molecular weight excluding hydrogens is 204 g/mol. The largest absolute Gasteiger partial charge is 0.385 e. The van der Waals surface area contributed by atoms with Gasteiger partial charge in [-0.25, -0.2) is 0 Å². The van der Waals surface area contributed by atoms with Crippen LogP contribution in [0.25, 0.3) is 0 Å². The van der Waals surface area contributed by atoms with E-state index in [1.807, 2.05) is 0 Å². The van der Waals surface area contributed by atoms with Gasteiger partial charge in [-0.15, -0.1) is 0 Å². The molecule has 4 nitrogen and oxygen atoms in total. The Hall–Kier alpha value is -0.160. The Morgan fingerprint density at radius 1 is 1.19 bits per heavy atom. The van der Waals surface area contributed by atoms with Gasteiger partial charge in [-0.3, -0.25) is 0 Å². The van der Waals surface area contributed by atoms with Crippen LogP contribution in [0.2, 0.25) is 0 Å². The Morgan fingerprint density at radius 2 is 1.94 bits per heavy atom. The number of nitrogens with one attached hydrogen (secondary N) is 1. The van der Waals surface area contributed by atoms with Crippen molar-refractivity contribution in [3.05, 3.63) is 0 Å². The highest BCUT2D eigenvalue weighted by atomic mass is 16.5. The van der Waals surface area contributed by atoms with E-state index in [1.54, 1.807) is 7.11 Å². The topological polar surface area (TPSA) is 33.7 Å². The third-order valence-corrected chi connectivity index (χ3v) is 3.18. The molecule has 96 valence electrons. The van der Waals surface area contributed by atoms with Gasteiger partial charge < -0.3 is 19.7 Å². The standard InChI is InChI=1S/C12H26N2O2/c1-13-12-4-6-14(7-5-12)8-11-16-10-3-9-15-2/h12-13H,3-11H2,1-2H3. The molecule has 1 heterocycles. The van der Waals surface area contributed by atoms with Gasteiger partial charge in [0.25, 0.3) is 0 Å². The van der Waals surface area contributed by atoms with E-state index >= 15 is 0 Å². The quantitative estimate of drug-likeness (QED) is 0.623. The number of rotatable bonds is 8. The molecule has 0 aromatic carbocycles. The minimum absolute atomic E-state index is 0.721. The van der Waals surface area contributed by atoms with Gasteiger partial charge in [0.1, 0.15) is 0 Å². The second kappa shape index (κ2) is 8.93. The molecule has 16 heavy (non-hydrogen) atoms. The van der Waals surface area contributed by atoms with Crippen molar-refractivity contribution in [2.75, 3.05) is 53.6 Å². The normalized spacial score (nSPS) is 19.1. The summed E-state index contributed by atoms with van der Waals surface area (Å²) >= 11 is 0. The lowest BCUT2D eigenvalue weighted by molar-refractivity contribution is 0.0764. The van der Waals surface area contributed by atoms with E-state index in [9.17, 15) is 0 Å². The van der Waals surface area contributed by atoms with Gasteiger partial charge in [0.2, 0.25) is 0 Å². The van der Waals surface area contributed by atoms with E-state index in [1.165, 1.54) is 25.9 Å². The molecule has 0 aromatic heterocycles. The predicted molar refractivity (Wildman–Crippen MR) is 65.8 cm³/mol. The van der Waals surface area contributed by atoms with Crippen LogP contribution in [0.1, 0.15) is 19.3 Å². The first-order chi connectivity index (χ1) is 7.86. The van der Waals surface area contributed by atoms with Crippen LogP contribution in [0.3, 0.4) is 0 Å². The van der Waals surface area contributed by atoms with Crippen molar-refractivity contribution in [3.8, 4) is 0 Å². The lowest BCUT2D eigenvalue weighted by Gasteiger charge is -2.31. The molecule has 1 aliphatic heterocycles. The molecule has 0 saturated carbocycles. The number of likely N-dealkylation sites (tertiary alicyclic amines) is 1. The van der Waals surface area contributed by atoms with Crippen LogP contribution >= 0.6 is 0 Å². The first-order valence-corrected chi connectivity index (χ1v) is 6.33. The maximum atomic E-state index is 5.55. The number of piperidine rings is 1. The zero-order chi connectivity index (χ0) is 11.6. The van der Waals surface area contributed by atoms with Gasteiger partial charge in [0.05, 0.1) is 6.61 Å². The molecule has 0 amide bonds. The summed E-state index contributed by atoms with van der Waals surface area (Å²) in [6, 6.07) is 0.721. The van der Waals surface area contributed by atoms with Crippen molar-refractivity contribution in [1.82, 2.24) is 10.2 Å². The van der Waals surface area contributed by atoms with E-state index in [0.717, 1.165) is 38.8 Å². The maximum Gasteiger partial charge on any atom is 0.0593 e. The molecule has 1 aliphatic rings. The molecule has 1 saturated heterocycles. The maximum absolute atomic E-state index is 5.55. The van der Waals surface area contributed by atoms with Crippen LogP contribution in [0, 0.1) is 0 Å². The van der Waals surface area contributed by atoms with Crippen LogP contribution in [-0.2, 0) is 9.47 Å². The molecule has 1 N–H and O–H groups in total. The molecule has 0 bridgehead atoms. The number of methoxy groups -OCH3 is 1. The van der Waals surface area contributed by atoms with Crippen molar-refractivity contribution in [3.63, 3.8) is 0 Å². The zero-order valence-electron chi connectivity index (χ0n) is 10.7. The highest BCUT2D eigenvalue weighted by Crippen LogP contribution is 2.08.